The average Bonchev–Trinajstić information content (AvgIpc) is 2.65. The summed E-state index contributed by atoms with van der Waals surface area (Å²) in [5.74, 6) is -0.997. The summed E-state index contributed by atoms with van der Waals surface area (Å²) in [5.41, 5.74) is -1.89. The Hall–Kier alpha value is -3.61. The molecule has 0 aliphatic rings. The first-order valence-corrected chi connectivity index (χ1v) is 7.91. The molecule has 2 aromatic rings. The van der Waals surface area contributed by atoms with E-state index in [9.17, 15) is 28.1 Å². The molecular weight excluding hydrogens is 379 g/mol. The van der Waals surface area contributed by atoms with Crippen LogP contribution in [0.15, 0.2) is 42.5 Å². The number of hydrogen-bond acceptors (Lipinski definition) is 5. The molecule has 2 aromatic carbocycles. The molecule has 0 aromatic heterocycles. The predicted molar refractivity (Wildman–Crippen MR) is 92.5 cm³/mol. The smallest absolute Gasteiger partial charge is 0.417 e. The zero-order valence-electron chi connectivity index (χ0n) is 14.5. The minimum Gasteiger partial charge on any atom is -0.493 e. The van der Waals surface area contributed by atoms with Crippen LogP contribution in [-0.2, 0) is 11.0 Å². The summed E-state index contributed by atoms with van der Waals surface area (Å²) in [7, 11) is 0. The summed E-state index contributed by atoms with van der Waals surface area (Å²) in [6, 6.07) is 9.58. The maximum absolute atomic E-state index is 13.0. The van der Waals surface area contributed by atoms with Crippen molar-refractivity contribution >= 4 is 17.3 Å². The molecule has 2 rings (SSSR count). The largest absolute Gasteiger partial charge is 0.493 e. The lowest BCUT2D eigenvalue weighted by molar-refractivity contribution is -0.384. The Kier molecular flexibility index (Phi) is 6.20. The number of nitro groups is 1. The summed E-state index contributed by atoms with van der Waals surface area (Å²) >= 11 is 0. The van der Waals surface area contributed by atoms with E-state index in [0.29, 0.717) is 11.8 Å². The molecule has 28 heavy (non-hydrogen) atoms. The number of nitrogens with zero attached hydrogens (tertiary/aromatic N) is 2. The van der Waals surface area contributed by atoms with Crippen LogP contribution < -0.4 is 10.1 Å². The molecule has 0 aliphatic heterocycles. The Labute approximate surface area is 157 Å². The predicted octanol–water partition coefficient (Wildman–Crippen LogP) is 4.14. The number of hydrogen-bond donors (Lipinski definition) is 1. The fraction of sp³-hybridized carbons (Fsp3) is 0.222. The summed E-state index contributed by atoms with van der Waals surface area (Å²) in [6.45, 7) is 1.42. The first kappa shape index (κ1) is 20.7. The average molecular weight is 393 g/mol. The maximum Gasteiger partial charge on any atom is 0.417 e. The summed E-state index contributed by atoms with van der Waals surface area (Å²) in [4.78, 5) is 22.2. The van der Waals surface area contributed by atoms with Gasteiger partial charge in [0, 0.05) is 17.8 Å². The van der Waals surface area contributed by atoms with E-state index in [4.69, 9.17) is 10.00 Å². The molecule has 1 atom stereocenters. The van der Waals surface area contributed by atoms with E-state index < -0.39 is 34.1 Å². The fourth-order valence-electron chi connectivity index (χ4n) is 2.18. The number of amides is 1. The molecule has 10 heteroatoms. The number of non-ortho nitro benzene ring substituents is 1. The van der Waals surface area contributed by atoms with Crippen LogP contribution in [0.2, 0.25) is 0 Å². The second-order valence-corrected chi connectivity index (χ2v) is 5.82. The lowest BCUT2D eigenvalue weighted by Crippen LogP contribution is -2.25. The zero-order valence-corrected chi connectivity index (χ0v) is 14.5. The molecule has 1 amide bonds. The van der Waals surface area contributed by atoms with Crippen molar-refractivity contribution < 1.29 is 27.6 Å². The first-order valence-electron chi connectivity index (χ1n) is 7.91. The Morgan fingerprint density at radius 3 is 2.46 bits per heavy atom. The molecule has 0 spiro atoms. The SMILES string of the molecule is CC(COc1ccc([N+](=O)[O-])cc1)C(=O)Nc1ccc(C#N)c(C(F)(F)F)c1. The quantitative estimate of drug-likeness (QED) is 0.587. The molecule has 146 valence electrons. The zero-order chi connectivity index (χ0) is 20.9. The molecule has 1 unspecified atom stereocenters. The highest BCUT2D eigenvalue weighted by Gasteiger charge is 2.34. The number of carbonyl (C=O) groups excluding carboxylic acids is 1. The van der Waals surface area contributed by atoms with Gasteiger partial charge >= 0.3 is 6.18 Å². The van der Waals surface area contributed by atoms with Gasteiger partial charge in [-0.2, -0.15) is 18.4 Å². The van der Waals surface area contributed by atoms with Gasteiger partial charge in [-0.05, 0) is 30.3 Å². The number of halogens is 3. The number of carbonyl (C=O) groups is 1. The summed E-state index contributed by atoms with van der Waals surface area (Å²) in [6.07, 6.45) is -4.73. The van der Waals surface area contributed by atoms with Crippen LogP contribution in [0.5, 0.6) is 5.75 Å². The number of nitriles is 1. The summed E-state index contributed by atoms with van der Waals surface area (Å²) < 4.78 is 44.3. The van der Waals surface area contributed by atoms with Gasteiger partial charge in [0.25, 0.3) is 5.69 Å². The molecule has 0 aliphatic carbocycles. The van der Waals surface area contributed by atoms with Crippen molar-refractivity contribution in [2.75, 3.05) is 11.9 Å². The maximum atomic E-state index is 13.0. The van der Waals surface area contributed by atoms with Crippen molar-refractivity contribution in [2.45, 2.75) is 13.1 Å². The molecule has 7 nitrogen and oxygen atoms in total. The number of alkyl halides is 3. The van der Waals surface area contributed by atoms with Gasteiger partial charge in [-0.15, -0.1) is 0 Å². The van der Waals surface area contributed by atoms with E-state index in [-0.39, 0.29) is 18.0 Å². The molecule has 1 N–H and O–H groups in total. The Morgan fingerprint density at radius 1 is 1.29 bits per heavy atom. The first-order chi connectivity index (χ1) is 13.1. The van der Waals surface area contributed by atoms with Gasteiger partial charge < -0.3 is 10.1 Å². The normalized spacial score (nSPS) is 12.0. The number of nitro benzene ring substituents is 1. The van der Waals surface area contributed by atoms with Crippen molar-refractivity contribution in [3.63, 3.8) is 0 Å². The van der Waals surface area contributed by atoms with Gasteiger partial charge in [-0.1, -0.05) is 6.92 Å². The standard InChI is InChI=1S/C18H14F3N3O4/c1-11(10-28-15-6-4-14(5-7-15)24(26)27)17(25)23-13-3-2-12(9-22)16(8-13)18(19,20)21/h2-8,11H,10H2,1H3,(H,23,25). The Morgan fingerprint density at radius 2 is 1.93 bits per heavy atom. The molecule has 0 fully saturated rings. The number of ether oxygens (including phenoxy) is 1. The number of nitrogens with one attached hydrogen (secondary N) is 1. The van der Waals surface area contributed by atoms with Gasteiger partial charge in [-0.3, -0.25) is 14.9 Å². The highest BCUT2D eigenvalue weighted by Crippen LogP contribution is 2.33. The highest BCUT2D eigenvalue weighted by molar-refractivity contribution is 5.92. The minimum absolute atomic E-state index is 0.0912. The molecular formula is C18H14F3N3O4. The van der Waals surface area contributed by atoms with Gasteiger partial charge in [0.15, 0.2) is 0 Å². The lowest BCUT2D eigenvalue weighted by Gasteiger charge is -2.15. The van der Waals surface area contributed by atoms with Crippen LogP contribution >= 0.6 is 0 Å². The van der Waals surface area contributed by atoms with E-state index >= 15 is 0 Å². The van der Waals surface area contributed by atoms with Gasteiger partial charge in [0.05, 0.1) is 34.6 Å². The van der Waals surface area contributed by atoms with Crippen LogP contribution in [0.25, 0.3) is 0 Å². The third-order valence-electron chi connectivity index (χ3n) is 3.71. The van der Waals surface area contributed by atoms with E-state index in [1.54, 1.807) is 0 Å². The third kappa shape index (κ3) is 5.20. The van der Waals surface area contributed by atoms with Crippen molar-refractivity contribution in [2.24, 2.45) is 5.92 Å². The van der Waals surface area contributed by atoms with Gasteiger partial charge in [0.1, 0.15) is 5.75 Å². The highest BCUT2D eigenvalue weighted by atomic mass is 19.4. The lowest BCUT2D eigenvalue weighted by atomic mass is 10.1. The Balaban J connectivity index is 2.00. The molecule has 0 heterocycles. The monoisotopic (exact) mass is 393 g/mol. The fourth-order valence-corrected chi connectivity index (χ4v) is 2.18. The van der Waals surface area contributed by atoms with Crippen LogP contribution in [0, 0.1) is 27.4 Å². The van der Waals surface area contributed by atoms with Crippen molar-refractivity contribution in [1.29, 1.82) is 5.26 Å². The molecule has 0 bridgehead atoms. The number of anilines is 1. The van der Waals surface area contributed by atoms with E-state index in [1.165, 1.54) is 43.3 Å². The topological polar surface area (TPSA) is 105 Å². The molecule has 0 saturated carbocycles. The van der Waals surface area contributed by atoms with Crippen molar-refractivity contribution in [3.05, 3.63) is 63.7 Å². The molecule has 0 radical (unpaired) electrons. The third-order valence-corrected chi connectivity index (χ3v) is 3.71. The molecule has 0 saturated heterocycles. The van der Waals surface area contributed by atoms with E-state index in [2.05, 4.69) is 5.32 Å². The minimum atomic E-state index is -4.73. The van der Waals surface area contributed by atoms with Crippen molar-refractivity contribution in [1.82, 2.24) is 0 Å². The van der Waals surface area contributed by atoms with Gasteiger partial charge in [0.2, 0.25) is 5.91 Å². The number of benzene rings is 2. The van der Waals surface area contributed by atoms with Gasteiger partial charge in [-0.25, -0.2) is 0 Å². The second kappa shape index (κ2) is 8.39. The van der Waals surface area contributed by atoms with E-state index in [1.807, 2.05) is 0 Å². The summed E-state index contributed by atoms with van der Waals surface area (Å²) in [5, 5.41) is 21.7. The van der Waals surface area contributed by atoms with Crippen LogP contribution in [0.3, 0.4) is 0 Å². The van der Waals surface area contributed by atoms with Crippen molar-refractivity contribution in [3.8, 4) is 11.8 Å². The van der Waals surface area contributed by atoms with Crippen LogP contribution in [0.4, 0.5) is 24.5 Å². The number of rotatable bonds is 6. The van der Waals surface area contributed by atoms with Crippen LogP contribution in [-0.4, -0.2) is 17.4 Å². The Bertz CT molecular complexity index is 921. The van der Waals surface area contributed by atoms with E-state index in [0.717, 1.165) is 6.07 Å². The van der Waals surface area contributed by atoms with Crippen LogP contribution in [0.1, 0.15) is 18.1 Å². The second-order valence-electron chi connectivity index (χ2n) is 5.82.